The monoisotopic (exact) mass is 236 g/mol. The van der Waals surface area contributed by atoms with Crippen molar-refractivity contribution in [1.82, 2.24) is 9.88 Å². The smallest absolute Gasteiger partial charge is 0.358 e. The summed E-state index contributed by atoms with van der Waals surface area (Å²) < 4.78 is 5.21. The highest BCUT2D eigenvalue weighted by Crippen LogP contribution is 2.52. The molecule has 2 saturated heterocycles. The topological polar surface area (TPSA) is 83.6 Å². The molecule has 0 radical (unpaired) electrons. The second-order valence-electron chi connectivity index (χ2n) is 4.63. The molecule has 3 fully saturated rings. The molecule has 3 heterocycles. The van der Waals surface area contributed by atoms with E-state index >= 15 is 0 Å². The molecule has 2 aliphatic heterocycles. The van der Waals surface area contributed by atoms with Gasteiger partial charge in [0.05, 0.1) is 0 Å². The first kappa shape index (κ1) is 10.3. The summed E-state index contributed by atoms with van der Waals surface area (Å²) in [5.74, 6) is -0.296. The van der Waals surface area contributed by atoms with Crippen LogP contribution in [-0.2, 0) is 4.79 Å². The van der Waals surface area contributed by atoms with Crippen LogP contribution >= 0.6 is 0 Å². The number of nitrogens with zero attached hydrogens (tertiary/aromatic N) is 2. The van der Waals surface area contributed by atoms with Crippen LogP contribution in [0.3, 0.4) is 0 Å². The Kier molecular flexibility index (Phi) is 2.01. The lowest BCUT2D eigenvalue weighted by Crippen LogP contribution is -2.39. The number of carboxylic acid groups (broad SMARTS) is 1. The molecule has 2 bridgehead atoms. The van der Waals surface area contributed by atoms with E-state index in [9.17, 15) is 9.59 Å². The number of carboxylic acids is 1. The number of aromatic carboxylic acids is 1. The molecule has 1 aliphatic carbocycles. The third kappa shape index (κ3) is 1.30. The summed E-state index contributed by atoms with van der Waals surface area (Å²) in [6, 6.07) is 0.0866. The Balaban J connectivity index is 1.91. The van der Waals surface area contributed by atoms with Crippen molar-refractivity contribution in [3.8, 4) is 0 Å². The van der Waals surface area contributed by atoms with Crippen LogP contribution in [0.25, 0.3) is 0 Å². The molecule has 6 nitrogen and oxygen atoms in total. The number of hydrogen-bond donors (Lipinski definition) is 1. The molecule has 1 amide bonds. The highest BCUT2D eigenvalue weighted by Gasteiger charge is 2.56. The number of fused-ring (bicyclic) bond motifs is 1. The molecule has 1 aromatic heterocycles. The van der Waals surface area contributed by atoms with Gasteiger partial charge in [0, 0.05) is 25.4 Å². The predicted molar refractivity (Wildman–Crippen MR) is 55.5 cm³/mol. The van der Waals surface area contributed by atoms with Gasteiger partial charge in [-0.25, -0.2) is 9.78 Å². The maximum absolute atomic E-state index is 11.4. The number of carbonyl (C=O) groups is 2. The van der Waals surface area contributed by atoms with E-state index in [0.29, 0.717) is 18.2 Å². The standard InChI is InChI=1S/C11H12N2O4/c1-5(14)13-3-6-2-7(13)8(6)10-9(11(15)16)12-4-17-10/h4,6-8H,2-3H2,1H3,(H,15,16). The third-order valence-corrected chi connectivity index (χ3v) is 3.80. The van der Waals surface area contributed by atoms with E-state index in [0.717, 1.165) is 12.8 Å². The Morgan fingerprint density at radius 2 is 2.35 bits per heavy atom. The van der Waals surface area contributed by atoms with Crippen molar-refractivity contribution in [3.63, 3.8) is 0 Å². The molecule has 1 aromatic rings. The summed E-state index contributed by atoms with van der Waals surface area (Å²) in [7, 11) is 0. The van der Waals surface area contributed by atoms with Crippen molar-refractivity contribution < 1.29 is 19.1 Å². The van der Waals surface area contributed by atoms with Crippen LogP contribution in [0, 0.1) is 5.92 Å². The molecule has 3 unspecified atom stereocenters. The highest BCUT2D eigenvalue weighted by molar-refractivity contribution is 5.86. The molecule has 6 heteroatoms. The number of hydrogen-bond acceptors (Lipinski definition) is 4. The van der Waals surface area contributed by atoms with Gasteiger partial charge in [-0.05, 0) is 12.3 Å². The summed E-state index contributed by atoms with van der Waals surface area (Å²) in [6.45, 7) is 2.24. The molecule has 0 aromatic carbocycles. The van der Waals surface area contributed by atoms with Gasteiger partial charge in [-0.2, -0.15) is 0 Å². The quantitative estimate of drug-likeness (QED) is 0.817. The zero-order chi connectivity index (χ0) is 12.2. The van der Waals surface area contributed by atoms with Gasteiger partial charge in [0.15, 0.2) is 12.1 Å². The number of carbonyl (C=O) groups excluding carboxylic acids is 1. The number of amides is 1. The van der Waals surface area contributed by atoms with E-state index in [4.69, 9.17) is 9.52 Å². The Morgan fingerprint density at radius 3 is 2.94 bits per heavy atom. The van der Waals surface area contributed by atoms with Crippen molar-refractivity contribution in [1.29, 1.82) is 0 Å². The van der Waals surface area contributed by atoms with Gasteiger partial charge >= 0.3 is 5.97 Å². The van der Waals surface area contributed by atoms with Crippen molar-refractivity contribution >= 4 is 11.9 Å². The molecule has 90 valence electrons. The summed E-state index contributed by atoms with van der Waals surface area (Å²) in [5, 5.41) is 8.99. The number of oxazole rings is 1. The normalized spacial score (nSPS) is 30.2. The molecule has 3 atom stereocenters. The Morgan fingerprint density at radius 1 is 1.59 bits per heavy atom. The van der Waals surface area contributed by atoms with Crippen LogP contribution in [0.4, 0.5) is 0 Å². The lowest BCUT2D eigenvalue weighted by molar-refractivity contribution is -0.129. The molecule has 0 spiro atoms. The van der Waals surface area contributed by atoms with E-state index in [1.54, 1.807) is 4.90 Å². The molecule has 17 heavy (non-hydrogen) atoms. The van der Waals surface area contributed by atoms with E-state index in [2.05, 4.69) is 4.98 Å². The van der Waals surface area contributed by atoms with Crippen molar-refractivity contribution in [2.45, 2.75) is 25.3 Å². The summed E-state index contributed by atoms with van der Waals surface area (Å²) in [6.07, 6.45) is 2.10. The zero-order valence-corrected chi connectivity index (χ0v) is 9.29. The predicted octanol–water partition coefficient (Wildman–Crippen LogP) is 0.707. The molecule has 1 saturated carbocycles. The fourth-order valence-electron chi connectivity index (χ4n) is 3.02. The van der Waals surface area contributed by atoms with Crippen LogP contribution in [-0.4, -0.2) is 39.5 Å². The first-order valence-corrected chi connectivity index (χ1v) is 5.53. The van der Waals surface area contributed by atoms with Crippen LogP contribution in [0.5, 0.6) is 0 Å². The van der Waals surface area contributed by atoms with Gasteiger partial charge in [-0.3, -0.25) is 4.79 Å². The van der Waals surface area contributed by atoms with E-state index in [1.165, 1.54) is 6.92 Å². The lowest BCUT2D eigenvalue weighted by atomic mass is 9.72. The van der Waals surface area contributed by atoms with Crippen molar-refractivity contribution in [2.75, 3.05) is 6.54 Å². The fourth-order valence-corrected chi connectivity index (χ4v) is 3.02. The molecule has 1 N–H and O–H groups in total. The van der Waals surface area contributed by atoms with Crippen molar-refractivity contribution in [3.05, 3.63) is 17.8 Å². The molecular formula is C11H12N2O4. The van der Waals surface area contributed by atoms with Gasteiger partial charge in [-0.1, -0.05) is 0 Å². The largest absolute Gasteiger partial charge is 0.476 e. The first-order chi connectivity index (χ1) is 8.09. The molecular weight excluding hydrogens is 224 g/mol. The molecule has 3 aliphatic rings. The fraction of sp³-hybridized carbons (Fsp3) is 0.545. The maximum Gasteiger partial charge on any atom is 0.358 e. The lowest BCUT2D eigenvalue weighted by Gasteiger charge is -2.34. The van der Waals surface area contributed by atoms with Crippen LogP contribution < -0.4 is 0 Å². The average Bonchev–Trinajstić information content (AvgIpc) is 2.88. The molecule has 4 rings (SSSR count). The van der Waals surface area contributed by atoms with Gasteiger partial charge in [-0.15, -0.1) is 0 Å². The maximum atomic E-state index is 11.4. The SMILES string of the molecule is CC(=O)N1CC2CC1C2c1ocnc1C(=O)O. The van der Waals surface area contributed by atoms with Gasteiger partial charge < -0.3 is 14.4 Å². The van der Waals surface area contributed by atoms with Crippen LogP contribution in [0.1, 0.15) is 35.5 Å². The van der Waals surface area contributed by atoms with Crippen LogP contribution in [0.15, 0.2) is 10.8 Å². The summed E-state index contributed by atoms with van der Waals surface area (Å²) in [5.41, 5.74) is -0.0184. The zero-order valence-electron chi connectivity index (χ0n) is 9.29. The van der Waals surface area contributed by atoms with Crippen molar-refractivity contribution in [2.24, 2.45) is 5.92 Å². The Labute approximate surface area is 97.2 Å². The van der Waals surface area contributed by atoms with E-state index < -0.39 is 5.97 Å². The minimum absolute atomic E-state index is 0.00694. The van der Waals surface area contributed by atoms with E-state index in [-0.39, 0.29) is 23.6 Å². The minimum Gasteiger partial charge on any atom is -0.476 e. The summed E-state index contributed by atoms with van der Waals surface area (Å²) >= 11 is 0. The Hall–Kier alpha value is -1.85. The third-order valence-electron chi connectivity index (χ3n) is 3.80. The minimum atomic E-state index is -1.07. The first-order valence-electron chi connectivity index (χ1n) is 5.53. The van der Waals surface area contributed by atoms with Gasteiger partial charge in [0.2, 0.25) is 5.91 Å². The second kappa shape index (κ2) is 3.32. The van der Waals surface area contributed by atoms with Gasteiger partial charge in [0.25, 0.3) is 0 Å². The van der Waals surface area contributed by atoms with Gasteiger partial charge in [0.1, 0.15) is 5.76 Å². The Bertz CT molecular complexity index is 495. The highest BCUT2D eigenvalue weighted by atomic mass is 16.4. The average molecular weight is 236 g/mol. The number of aromatic nitrogens is 1. The van der Waals surface area contributed by atoms with E-state index in [1.807, 2.05) is 0 Å². The number of rotatable bonds is 2. The second-order valence-corrected chi connectivity index (χ2v) is 4.63. The van der Waals surface area contributed by atoms with Crippen LogP contribution in [0.2, 0.25) is 0 Å². The summed E-state index contributed by atoms with van der Waals surface area (Å²) in [4.78, 5) is 27.9.